The zero-order chi connectivity index (χ0) is 23.4. The Kier molecular flexibility index (Phi) is 4.89. The topological polar surface area (TPSA) is 128 Å². The average Bonchev–Trinajstić information content (AvgIpc) is 3.07. The van der Waals surface area contributed by atoms with Gasteiger partial charge in [-0.25, -0.2) is 9.69 Å². The normalized spacial score (nSPS) is 23.5. The molecule has 0 radical (unpaired) electrons. The van der Waals surface area contributed by atoms with Crippen LogP contribution in [0.3, 0.4) is 0 Å². The van der Waals surface area contributed by atoms with Crippen molar-refractivity contribution in [3.63, 3.8) is 0 Å². The molecule has 3 aliphatic heterocycles. The van der Waals surface area contributed by atoms with Crippen LogP contribution >= 0.6 is 11.8 Å². The van der Waals surface area contributed by atoms with Crippen molar-refractivity contribution in [3.8, 4) is 11.5 Å². The molecule has 0 saturated carbocycles. The van der Waals surface area contributed by atoms with Crippen molar-refractivity contribution in [2.75, 3.05) is 19.1 Å². The Balaban J connectivity index is 1.65. The first-order chi connectivity index (χ1) is 15.9. The first kappa shape index (κ1) is 21.1. The van der Waals surface area contributed by atoms with Gasteiger partial charge in [-0.1, -0.05) is 30.0 Å². The minimum absolute atomic E-state index is 0.162. The highest BCUT2D eigenvalue weighted by atomic mass is 32.2. The maximum absolute atomic E-state index is 13.8. The van der Waals surface area contributed by atoms with Gasteiger partial charge in [-0.3, -0.25) is 14.4 Å². The number of amides is 3. The van der Waals surface area contributed by atoms with E-state index in [0.717, 1.165) is 16.7 Å². The Labute approximate surface area is 192 Å². The van der Waals surface area contributed by atoms with Gasteiger partial charge < -0.3 is 20.5 Å². The number of fused-ring (bicyclic) bond motifs is 5. The molecule has 3 atom stereocenters. The maximum Gasteiger partial charge on any atom is 0.342 e. The SMILES string of the molecule is CNC(=O)c1ccc(OC)c(N2C(=O)[C@@H]3[C@H](SC(N)=C4C(=O)Oc5ccccc5[C@H]43)C2=O)c1. The second kappa shape index (κ2) is 7.66. The number of rotatable bonds is 3. The number of methoxy groups -OCH3 is 1. The molecule has 1 saturated heterocycles. The van der Waals surface area contributed by atoms with Crippen molar-refractivity contribution in [2.45, 2.75) is 11.2 Å². The molecule has 0 aliphatic carbocycles. The molecule has 2 aromatic carbocycles. The summed E-state index contributed by atoms with van der Waals surface area (Å²) in [6.45, 7) is 0. The highest BCUT2D eigenvalue weighted by molar-refractivity contribution is 8.04. The smallest absolute Gasteiger partial charge is 0.342 e. The number of esters is 1. The summed E-state index contributed by atoms with van der Waals surface area (Å²) < 4.78 is 10.8. The molecule has 168 valence electrons. The molecule has 3 N–H and O–H groups in total. The van der Waals surface area contributed by atoms with Crippen LogP contribution in [-0.2, 0) is 14.4 Å². The summed E-state index contributed by atoms with van der Waals surface area (Å²) >= 11 is 0.984. The molecular formula is C23H19N3O6S. The van der Waals surface area contributed by atoms with E-state index in [-0.39, 0.29) is 33.5 Å². The van der Waals surface area contributed by atoms with E-state index in [1.807, 2.05) is 0 Å². The molecule has 1 fully saturated rings. The van der Waals surface area contributed by atoms with Crippen molar-refractivity contribution in [1.82, 2.24) is 5.32 Å². The zero-order valence-corrected chi connectivity index (χ0v) is 18.5. The maximum atomic E-state index is 13.8. The first-order valence-electron chi connectivity index (χ1n) is 10.1. The van der Waals surface area contributed by atoms with E-state index in [4.69, 9.17) is 15.2 Å². The number of imide groups is 1. The zero-order valence-electron chi connectivity index (χ0n) is 17.7. The molecule has 0 unspecified atom stereocenters. The van der Waals surface area contributed by atoms with Gasteiger partial charge in [0.15, 0.2) is 0 Å². The third-order valence-corrected chi connectivity index (χ3v) is 7.29. The third kappa shape index (κ3) is 3.01. The molecule has 3 amide bonds. The van der Waals surface area contributed by atoms with Crippen LogP contribution in [0.2, 0.25) is 0 Å². The number of thioether (sulfide) groups is 1. The summed E-state index contributed by atoms with van der Waals surface area (Å²) in [4.78, 5) is 53.2. The Morgan fingerprint density at radius 3 is 2.64 bits per heavy atom. The number of para-hydroxylation sites is 1. The number of hydrogen-bond acceptors (Lipinski definition) is 8. The largest absolute Gasteiger partial charge is 0.495 e. The second-order valence-corrected chi connectivity index (χ2v) is 8.91. The molecule has 0 aromatic heterocycles. The lowest BCUT2D eigenvalue weighted by molar-refractivity contribution is -0.131. The summed E-state index contributed by atoms with van der Waals surface area (Å²) in [7, 11) is 2.90. The monoisotopic (exact) mass is 465 g/mol. The van der Waals surface area contributed by atoms with Crippen molar-refractivity contribution in [2.24, 2.45) is 11.7 Å². The van der Waals surface area contributed by atoms with Gasteiger partial charge in [-0.05, 0) is 24.3 Å². The van der Waals surface area contributed by atoms with Gasteiger partial charge in [0.05, 0.1) is 29.3 Å². The number of anilines is 1. The van der Waals surface area contributed by atoms with Crippen LogP contribution in [0.1, 0.15) is 21.8 Å². The molecule has 33 heavy (non-hydrogen) atoms. The van der Waals surface area contributed by atoms with Gasteiger partial charge in [-0.15, -0.1) is 0 Å². The number of carbonyl (C=O) groups excluding carboxylic acids is 4. The molecule has 5 rings (SSSR count). The van der Waals surface area contributed by atoms with E-state index < -0.39 is 34.9 Å². The Morgan fingerprint density at radius 1 is 1.15 bits per heavy atom. The summed E-state index contributed by atoms with van der Waals surface area (Å²) in [5.74, 6) is -2.97. The number of hydrogen-bond donors (Lipinski definition) is 2. The first-order valence-corrected chi connectivity index (χ1v) is 11.0. The lowest BCUT2D eigenvalue weighted by Crippen LogP contribution is -2.39. The van der Waals surface area contributed by atoms with Gasteiger partial charge in [0, 0.05) is 24.1 Å². The van der Waals surface area contributed by atoms with Gasteiger partial charge >= 0.3 is 5.97 Å². The fourth-order valence-corrected chi connectivity index (χ4v) is 5.83. The quantitative estimate of drug-likeness (QED) is 0.397. The fraction of sp³-hybridized carbons (Fsp3) is 0.217. The summed E-state index contributed by atoms with van der Waals surface area (Å²) in [6, 6.07) is 11.4. The van der Waals surface area contributed by atoms with Gasteiger partial charge in [0.25, 0.3) is 5.91 Å². The van der Waals surface area contributed by atoms with E-state index >= 15 is 0 Å². The molecule has 0 bridgehead atoms. The Morgan fingerprint density at radius 2 is 1.91 bits per heavy atom. The number of nitrogens with two attached hydrogens (primary N) is 1. The van der Waals surface area contributed by atoms with E-state index in [1.165, 1.54) is 26.3 Å². The van der Waals surface area contributed by atoms with Gasteiger partial charge in [0.2, 0.25) is 11.8 Å². The fourth-order valence-electron chi connectivity index (χ4n) is 4.59. The number of carbonyl (C=O) groups is 4. The second-order valence-electron chi connectivity index (χ2n) is 7.72. The minimum atomic E-state index is -0.868. The highest BCUT2D eigenvalue weighted by Gasteiger charge is 2.59. The number of benzene rings is 2. The number of nitrogens with one attached hydrogen (secondary N) is 1. The van der Waals surface area contributed by atoms with E-state index in [0.29, 0.717) is 11.3 Å². The molecule has 3 aliphatic rings. The molecule has 3 heterocycles. The van der Waals surface area contributed by atoms with E-state index in [9.17, 15) is 19.2 Å². The van der Waals surface area contributed by atoms with Crippen LogP contribution in [0, 0.1) is 5.92 Å². The molecular weight excluding hydrogens is 446 g/mol. The van der Waals surface area contributed by atoms with Crippen molar-refractivity contribution >= 4 is 41.1 Å². The number of ether oxygens (including phenoxy) is 2. The van der Waals surface area contributed by atoms with Crippen LogP contribution in [0.15, 0.2) is 53.1 Å². The third-order valence-electron chi connectivity index (χ3n) is 6.07. The standard InChI is InChI=1S/C23H19N3O6S/c1-25-20(27)10-7-8-14(31-2)12(9-10)26-21(28)16-15-11-5-3-4-6-13(11)32-23(30)17(15)19(24)33-18(16)22(26)29/h3-9,15-16,18H,24H2,1-2H3,(H,25,27)/t15-,16-,18-/m0/s1. The highest BCUT2D eigenvalue weighted by Crippen LogP contribution is 2.55. The van der Waals surface area contributed by atoms with Crippen LogP contribution in [0.4, 0.5) is 5.69 Å². The molecule has 2 aromatic rings. The van der Waals surface area contributed by atoms with Crippen LogP contribution in [-0.4, -0.2) is 43.1 Å². The van der Waals surface area contributed by atoms with Crippen molar-refractivity contribution in [3.05, 3.63) is 64.2 Å². The van der Waals surface area contributed by atoms with E-state index in [1.54, 1.807) is 30.3 Å². The van der Waals surface area contributed by atoms with Gasteiger partial charge in [-0.2, -0.15) is 0 Å². The van der Waals surface area contributed by atoms with E-state index in [2.05, 4.69) is 5.32 Å². The van der Waals surface area contributed by atoms with Gasteiger partial charge in [0.1, 0.15) is 16.7 Å². The van der Waals surface area contributed by atoms with Crippen LogP contribution < -0.4 is 25.4 Å². The Bertz CT molecular complexity index is 1270. The Hall–Kier alpha value is -3.79. The van der Waals surface area contributed by atoms with Crippen molar-refractivity contribution in [1.29, 1.82) is 0 Å². The predicted molar refractivity (Wildman–Crippen MR) is 120 cm³/mol. The summed E-state index contributed by atoms with van der Waals surface area (Å²) in [6.07, 6.45) is 0. The summed E-state index contributed by atoms with van der Waals surface area (Å²) in [5.41, 5.74) is 7.45. The van der Waals surface area contributed by atoms with Crippen LogP contribution in [0.5, 0.6) is 11.5 Å². The summed E-state index contributed by atoms with van der Waals surface area (Å²) in [5, 5.41) is 1.85. The minimum Gasteiger partial charge on any atom is -0.495 e. The van der Waals surface area contributed by atoms with Crippen molar-refractivity contribution < 1.29 is 28.7 Å². The number of nitrogens with zero attached hydrogens (tertiary/aromatic N) is 1. The molecule has 9 nitrogen and oxygen atoms in total. The predicted octanol–water partition coefficient (Wildman–Crippen LogP) is 1.53. The lowest BCUT2D eigenvalue weighted by Gasteiger charge is -2.36. The van der Waals surface area contributed by atoms with Crippen LogP contribution in [0.25, 0.3) is 0 Å². The molecule has 10 heteroatoms. The average molecular weight is 465 g/mol. The molecule has 0 spiro atoms. The lowest BCUT2D eigenvalue weighted by atomic mass is 9.77.